The summed E-state index contributed by atoms with van der Waals surface area (Å²) in [7, 11) is 0. The molecule has 2 N–H and O–H groups in total. The van der Waals surface area contributed by atoms with Gasteiger partial charge >= 0.3 is 6.03 Å². The Hall–Kier alpha value is -3.38. The second-order valence-corrected chi connectivity index (χ2v) is 6.79. The van der Waals surface area contributed by atoms with Gasteiger partial charge in [-0.05, 0) is 55.0 Å². The summed E-state index contributed by atoms with van der Waals surface area (Å²) >= 11 is 5.72. The SMILES string of the molecule is Cc1ccn2cc(-c3ccc(NC(=O)Nc4ccc(F)c(Cl)c4)cc3)nc2c1. The van der Waals surface area contributed by atoms with E-state index in [-0.39, 0.29) is 5.02 Å². The number of aryl methyl sites for hydroxylation is 1. The normalized spacial score (nSPS) is 10.8. The molecule has 0 aliphatic heterocycles. The number of aromatic nitrogens is 2. The molecule has 4 rings (SSSR count). The Labute approximate surface area is 165 Å². The van der Waals surface area contributed by atoms with Crippen molar-refractivity contribution in [1.29, 1.82) is 0 Å². The van der Waals surface area contributed by atoms with E-state index in [2.05, 4.69) is 15.6 Å². The highest BCUT2D eigenvalue weighted by atomic mass is 35.5. The Morgan fingerprint density at radius 2 is 1.75 bits per heavy atom. The highest BCUT2D eigenvalue weighted by Crippen LogP contribution is 2.22. The summed E-state index contributed by atoms with van der Waals surface area (Å²) < 4.78 is 15.1. The van der Waals surface area contributed by atoms with E-state index in [9.17, 15) is 9.18 Å². The second-order valence-electron chi connectivity index (χ2n) is 6.38. The van der Waals surface area contributed by atoms with E-state index in [0.717, 1.165) is 22.5 Å². The number of nitrogens with one attached hydrogen (secondary N) is 2. The topological polar surface area (TPSA) is 58.4 Å². The van der Waals surface area contributed by atoms with Crippen LogP contribution >= 0.6 is 11.6 Å². The molecule has 0 spiro atoms. The Balaban J connectivity index is 1.46. The van der Waals surface area contributed by atoms with Gasteiger partial charge in [0.15, 0.2) is 0 Å². The molecule has 2 heterocycles. The van der Waals surface area contributed by atoms with Gasteiger partial charge in [0.05, 0.1) is 10.7 Å². The molecule has 0 fully saturated rings. The maximum absolute atomic E-state index is 13.2. The predicted molar refractivity (Wildman–Crippen MR) is 109 cm³/mol. The summed E-state index contributed by atoms with van der Waals surface area (Å²) in [5, 5.41) is 5.28. The van der Waals surface area contributed by atoms with Crippen molar-refractivity contribution in [2.45, 2.75) is 6.92 Å². The zero-order valence-corrected chi connectivity index (χ0v) is 15.7. The van der Waals surface area contributed by atoms with Crippen LogP contribution < -0.4 is 10.6 Å². The Morgan fingerprint density at radius 3 is 2.50 bits per heavy atom. The van der Waals surface area contributed by atoms with Crippen LogP contribution in [0.25, 0.3) is 16.9 Å². The van der Waals surface area contributed by atoms with Crippen molar-refractivity contribution in [2.75, 3.05) is 10.6 Å². The van der Waals surface area contributed by atoms with Gasteiger partial charge in [0.1, 0.15) is 11.5 Å². The number of benzene rings is 2. The second kappa shape index (κ2) is 7.32. The first-order valence-electron chi connectivity index (χ1n) is 8.57. The van der Waals surface area contributed by atoms with Crippen LogP contribution in [0.15, 0.2) is 67.0 Å². The van der Waals surface area contributed by atoms with Crippen LogP contribution in [0.5, 0.6) is 0 Å². The summed E-state index contributed by atoms with van der Waals surface area (Å²) in [6.07, 6.45) is 3.94. The quantitative estimate of drug-likeness (QED) is 0.465. The number of rotatable bonds is 3. The smallest absolute Gasteiger partial charge is 0.308 e. The number of urea groups is 1. The molecule has 2 amide bonds. The zero-order chi connectivity index (χ0) is 19.7. The monoisotopic (exact) mass is 394 g/mol. The molecule has 0 bridgehead atoms. The molecular formula is C21H16ClFN4O. The summed E-state index contributed by atoms with van der Waals surface area (Å²) in [5.74, 6) is -0.537. The van der Waals surface area contributed by atoms with E-state index in [1.807, 2.05) is 48.0 Å². The number of fused-ring (bicyclic) bond motifs is 1. The van der Waals surface area contributed by atoms with Gasteiger partial charge < -0.3 is 15.0 Å². The largest absolute Gasteiger partial charge is 0.323 e. The number of imidazole rings is 1. The maximum Gasteiger partial charge on any atom is 0.323 e. The van der Waals surface area contributed by atoms with E-state index in [4.69, 9.17) is 11.6 Å². The lowest BCUT2D eigenvalue weighted by molar-refractivity contribution is 0.262. The van der Waals surface area contributed by atoms with Gasteiger partial charge in [-0.25, -0.2) is 14.2 Å². The third kappa shape index (κ3) is 3.82. The minimum absolute atomic E-state index is 0.0511. The molecular weight excluding hydrogens is 379 g/mol. The van der Waals surface area contributed by atoms with Crippen LogP contribution in [0.1, 0.15) is 5.56 Å². The van der Waals surface area contributed by atoms with Crippen molar-refractivity contribution in [2.24, 2.45) is 0 Å². The van der Waals surface area contributed by atoms with Gasteiger partial charge in [-0.3, -0.25) is 0 Å². The molecule has 7 heteroatoms. The number of carbonyl (C=O) groups is 1. The van der Waals surface area contributed by atoms with Gasteiger partial charge in [-0.15, -0.1) is 0 Å². The third-order valence-corrected chi connectivity index (χ3v) is 4.52. The molecule has 0 unspecified atom stereocenters. The molecule has 0 saturated carbocycles. The third-order valence-electron chi connectivity index (χ3n) is 4.23. The minimum atomic E-state index is -0.537. The fourth-order valence-electron chi connectivity index (χ4n) is 2.81. The molecule has 140 valence electrons. The van der Waals surface area contributed by atoms with E-state index in [0.29, 0.717) is 11.4 Å². The molecule has 5 nitrogen and oxygen atoms in total. The number of carbonyl (C=O) groups excluding carboxylic acids is 1. The molecule has 0 saturated heterocycles. The highest BCUT2D eigenvalue weighted by molar-refractivity contribution is 6.31. The summed E-state index contributed by atoms with van der Waals surface area (Å²) in [4.78, 5) is 16.7. The number of pyridine rings is 1. The first kappa shape index (κ1) is 18.0. The molecule has 2 aromatic carbocycles. The summed E-state index contributed by atoms with van der Waals surface area (Å²) in [5.41, 5.74) is 4.85. The molecule has 4 aromatic rings. The first-order valence-corrected chi connectivity index (χ1v) is 8.94. The van der Waals surface area contributed by atoms with E-state index in [1.165, 1.54) is 18.2 Å². The summed E-state index contributed by atoms with van der Waals surface area (Å²) in [6, 6.07) is 15.0. The van der Waals surface area contributed by atoms with E-state index < -0.39 is 11.8 Å². The standard InChI is InChI=1S/C21H16ClFN4O/c1-13-8-9-27-12-19(26-20(27)10-13)14-2-4-15(5-3-14)24-21(28)25-16-6-7-18(23)17(22)11-16/h2-12H,1H3,(H2,24,25,28). The number of amides is 2. The van der Waals surface area contributed by atoms with Crippen molar-refractivity contribution < 1.29 is 9.18 Å². The Morgan fingerprint density at radius 1 is 1.04 bits per heavy atom. The Bertz CT molecular complexity index is 1170. The van der Waals surface area contributed by atoms with E-state index >= 15 is 0 Å². The fourth-order valence-corrected chi connectivity index (χ4v) is 2.99. The van der Waals surface area contributed by atoms with E-state index in [1.54, 1.807) is 12.1 Å². The lowest BCUT2D eigenvalue weighted by Gasteiger charge is -2.08. The molecule has 28 heavy (non-hydrogen) atoms. The molecule has 0 atom stereocenters. The number of hydrogen-bond donors (Lipinski definition) is 2. The molecule has 0 radical (unpaired) electrons. The highest BCUT2D eigenvalue weighted by Gasteiger charge is 2.08. The molecule has 2 aromatic heterocycles. The molecule has 0 aliphatic rings. The van der Waals surface area contributed by atoms with Gasteiger partial charge in [-0.2, -0.15) is 0 Å². The lowest BCUT2D eigenvalue weighted by atomic mass is 10.1. The zero-order valence-electron chi connectivity index (χ0n) is 14.9. The van der Waals surface area contributed by atoms with Gasteiger partial charge in [0.2, 0.25) is 0 Å². The molecule has 0 aliphatic carbocycles. The predicted octanol–water partition coefficient (Wildman–Crippen LogP) is 5.75. The van der Waals surface area contributed by atoms with Gasteiger partial charge in [0.25, 0.3) is 0 Å². The average molecular weight is 395 g/mol. The van der Waals surface area contributed by atoms with Crippen LogP contribution in [0.3, 0.4) is 0 Å². The van der Waals surface area contributed by atoms with Crippen molar-refractivity contribution in [3.8, 4) is 11.3 Å². The van der Waals surface area contributed by atoms with Gasteiger partial charge in [-0.1, -0.05) is 23.7 Å². The van der Waals surface area contributed by atoms with Crippen LogP contribution in [0.4, 0.5) is 20.6 Å². The van der Waals surface area contributed by atoms with Crippen molar-refractivity contribution in [3.05, 3.63) is 83.4 Å². The number of halogens is 2. The van der Waals surface area contributed by atoms with Crippen LogP contribution in [-0.2, 0) is 0 Å². The van der Waals surface area contributed by atoms with Gasteiger partial charge in [0, 0.05) is 29.3 Å². The average Bonchev–Trinajstić information content (AvgIpc) is 3.08. The van der Waals surface area contributed by atoms with Crippen molar-refractivity contribution in [1.82, 2.24) is 9.38 Å². The van der Waals surface area contributed by atoms with Crippen LogP contribution in [-0.4, -0.2) is 15.4 Å². The number of hydrogen-bond acceptors (Lipinski definition) is 2. The lowest BCUT2D eigenvalue weighted by Crippen LogP contribution is -2.19. The van der Waals surface area contributed by atoms with Crippen molar-refractivity contribution in [3.63, 3.8) is 0 Å². The summed E-state index contributed by atoms with van der Waals surface area (Å²) in [6.45, 7) is 2.03. The van der Waals surface area contributed by atoms with Crippen LogP contribution in [0.2, 0.25) is 5.02 Å². The fraction of sp³-hybridized carbons (Fsp3) is 0.0476. The maximum atomic E-state index is 13.2. The first-order chi connectivity index (χ1) is 13.5. The minimum Gasteiger partial charge on any atom is -0.308 e. The number of nitrogens with zero attached hydrogens (tertiary/aromatic N) is 2. The number of anilines is 2. The van der Waals surface area contributed by atoms with Crippen LogP contribution in [0, 0.1) is 12.7 Å². The van der Waals surface area contributed by atoms with Crippen molar-refractivity contribution >= 4 is 34.7 Å². The Kier molecular flexibility index (Phi) is 4.71.